The predicted molar refractivity (Wildman–Crippen MR) is 54.1 cm³/mol. The van der Waals surface area contributed by atoms with Gasteiger partial charge in [-0.25, -0.2) is 4.79 Å². The number of carbonyl (C=O) groups is 1. The number of nitrogens with one attached hydrogen (secondary N) is 1. The lowest BCUT2D eigenvalue weighted by Crippen LogP contribution is -2.27. The Morgan fingerprint density at radius 2 is 2.07 bits per heavy atom. The zero-order chi connectivity index (χ0) is 10.8. The molecule has 5 heteroatoms. The van der Waals surface area contributed by atoms with Crippen molar-refractivity contribution in [3.05, 3.63) is 35.4 Å². The molecule has 0 saturated carbocycles. The number of aliphatic imine (C=N–C) groups is 1. The number of nitrogens with zero attached hydrogens (tertiary/aromatic N) is 2. The van der Waals surface area contributed by atoms with Gasteiger partial charge in [-0.2, -0.15) is 10.3 Å². The van der Waals surface area contributed by atoms with Gasteiger partial charge in [0, 0.05) is 0 Å². The molecule has 0 spiro atoms. The number of amidine groups is 1. The molecule has 1 atom stereocenters. The normalized spacial score (nSPS) is 19.3. The summed E-state index contributed by atoms with van der Waals surface area (Å²) in [5, 5.41) is 11.2. The molecular weight excluding hydrogens is 192 g/mol. The van der Waals surface area contributed by atoms with Crippen LogP contribution in [0.2, 0.25) is 0 Å². The molecule has 0 saturated heterocycles. The zero-order valence-electron chi connectivity index (χ0n) is 7.77. The van der Waals surface area contributed by atoms with Crippen molar-refractivity contribution >= 4 is 11.9 Å². The first-order valence-corrected chi connectivity index (χ1v) is 4.35. The van der Waals surface area contributed by atoms with E-state index >= 15 is 0 Å². The SMILES string of the molecule is N#Cc1ccc(C2NC(=O)N=C2N)cc1. The number of nitrogens with two attached hydrogens (primary N) is 1. The van der Waals surface area contributed by atoms with Crippen LogP contribution in [0.5, 0.6) is 0 Å². The second kappa shape index (κ2) is 3.42. The molecule has 0 aliphatic carbocycles. The molecule has 1 aromatic carbocycles. The molecule has 0 aromatic heterocycles. The van der Waals surface area contributed by atoms with Crippen LogP contribution in [0.4, 0.5) is 4.79 Å². The third-order valence-corrected chi connectivity index (χ3v) is 2.17. The summed E-state index contributed by atoms with van der Waals surface area (Å²) in [5.74, 6) is 0.254. The molecule has 1 aromatic rings. The Balaban J connectivity index is 2.29. The Labute approximate surface area is 86.2 Å². The number of urea groups is 1. The first-order chi connectivity index (χ1) is 7.20. The third-order valence-electron chi connectivity index (χ3n) is 2.17. The highest BCUT2D eigenvalue weighted by molar-refractivity contribution is 6.03. The van der Waals surface area contributed by atoms with Crippen LogP contribution in [0.25, 0.3) is 0 Å². The number of carbonyl (C=O) groups excluding carboxylic acids is 1. The fourth-order valence-corrected chi connectivity index (χ4v) is 1.42. The van der Waals surface area contributed by atoms with Crippen LogP contribution in [0.3, 0.4) is 0 Å². The van der Waals surface area contributed by atoms with E-state index in [4.69, 9.17) is 11.0 Å². The van der Waals surface area contributed by atoms with Gasteiger partial charge in [-0.1, -0.05) is 12.1 Å². The molecule has 2 amide bonds. The van der Waals surface area contributed by atoms with Crippen LogP contribution < -0.4 is 11.1 Å². The summed E-state index contributed by atoms with van der Waals surface area (Å²) < 4.78 is 0. The fraction of sp³-hybridized carbons (Fsp3) is 0.100. The molecule has 1 unspecified atom stereocenters. The second-order valence-corrected chi connectivity index (χ2v) is 3.15. The number of amides is 2. The van der Waals surface area contributed by atoms with E-state index in [1.54, 1.807) is 24.3 Å². The molecule has 3 N–H and O–H groups in total. The summed E-state index contributed by atoms with van der Waals surface area (Å²) in [6.45, 7) is 0. The number of hydrogen-bond donors (Lipinski definition) is 2. The van der Waals surface area contributed by atoms with E-state index in [1.807, 2.05) is 6.07 Å². The summed E-state index contributed by atoms with van der Waals surface area (Å²) in [6, 6.07) is 8.06. The third kappa shape index (κ3) is 1.65. The van der Waals surface area contributed by atoms with E-state index in [-0.39, 0.29) is 11.9 Å². The summed E-state index contributed by atoms with van der Waals surface area (Å²) in [6.07, 6.45) is 0. The Kier molecular flexibility index (Phi) is 2.10. The molecule has 1 aliphatic heterocycles. The van der Waals surface area contributed by atoms with Gasteiger partial charge in [0.05, 0.1) is 11.6 Å². The van der Waals surface area contributed by atoms with Crippen molar-refractivity contribution < 1.29 is 4.79 Å². The lowest BCUT2D eigenvalue weighted by atomic mass is 10.1. The van der Waals surface area contributed by atoms with Crippen molar-refractivity contribution in [1.82, 2.24) is 5.32 Å². The average Bonchev–Trinajstić information content (AvgIpc) is 2.58. The molecule has 0 bridgehead atoms. The molecule has 1 aliphatic rings. The Bertz CT molecular complexity index is 469. The number of nitriles is 1. The van der Waals surface area contributed by atoms with Gasteiger partial charge in [0.15, 0.2) is 0 Å². The first kappa shape index (κ1) is 9.21. The first-order valence-electron chi connectivity index (χ1n) is 4.35. The number of rotatable bonds is 1. The van der Waals surface area contributed by atoms with E-state index in [0.29, 0.717) is 5.56 Å². The van der Waals surface area contributed by atoms with Gasteiger partial charge in [-0.05, 0) is 17.7 Å². The summed E-state index contributed by atoms with van der Waals surface area (Å²) >= 11 is 0. The maximum Gasteiger partial charge on any atom is 0.343 e. The fourth-order valence-electron chi connectivity index (χ4n) is 1.42. The Morgan fingerprint density at radius 3 is 2.53 bits per heavy atom. The highest BCUT2D eigenvalue weighted by Crippen LogP contribution is 2.17. The topological polar surface area (TPSA) is 91.3 Å². The Hall–Kier alpha value is -2.35. The molecule has 1 heterocycles. The minimum atomic E-state index is -0.429. The van der Waals surface area contributed by atoms with Gasteiger partial charge >= 0.3 is 6.03 Å². The van der Waals surface area contributed by atoms with E-state index in [1.165, 1.54) is 0 Å². The standard InChI is InChI=1S/C10H8N4O/c11-5-6-1-3-7(4-2-6)8-9(12)14-10(15)13-8/h1-4,8H,(H3,12,13,14,15). The Morgan fingerprint density at radius 1 is 1.40 bits per heavy atom. The van der Waals surface area contributed by atoms with Crippen molar-refractivity contribution in [3.8, 4) is 6.07 Å². The highest BCUT2D eigenvalue weighted by Gasteiger charge is 2.24. The summed E-state index contributed by atoms with van der Waals surface area (Å²) in [5.41, 5.74) is 6.96. The molecule has 0 radical (unpaired) electrons. The lowest BCUT2D eigenvalue weighted by Gasteiger charge is -2.10. The van der Waals surface area contributed by atoms with Gasteiger partial charge in [0.2, 0.25) is 0 Å². The maximum atomic E-state index is 10.9. The number of benzene rings is 1. The van der Waals surface area contributed by atoms with Crippen molar-refractivity contribution in [3.63, 3.8) is 0 Å². The molecule has 15 heavy (non-hydrogen) atoms. The minimum Gasteiger partial charge on any atom is -0.385 e. The molecule has 5 nitrogen and oxygen atoms in total. The minimum absolute atomic E-state index is 0.254. The van der Waals surface area contributed by atoms with Crippen LogP contribution in [0.15, 0.2) is 29.3 Å². The van der Waals surface area contributed by atoms with Gasteiger partial charge in [-0.15, -0.1) is 0 Å². The zero-order valence-corrected chi connectivity index (χ0v) is 7.77. The van der Waals surface area contributed by atoms with Gasteiger partial charge < -0.3 is 11.1 Å². The van der Waals surface area contributed by atoms with Crippen LogP contribution in [0.1, 0.15) is 17.2 Å². The monoisotopic (exact) mass is 200 g/mol. The molecule has 2 rings (SSSR count). The van der Waals surface area contributed by atoms with Gasteiger partial charge in [-0.3, -0.25) is 0 Å². The van der Waals surface area contributed by atoms with Crippen LogP contribution in [0, 0.1) is 11.3 Å². The van der Waals surface area contributed by atoms with Gasteiger partial charge in [0.25, 0.3) is 0 Å². The largest absolute Gasteiger partial charge is 0.385 e. The van der Waals surface area contributed by atoms with E-state index in [0.717, 1.165) is 5.56 Å². The van der Waals surface area contributed by atoms with Crippen molar-refractivity contribution in [2.45, 2.75) is 6.04 Å². The maximum absolute atomic E-state index is 10.9. The lowest BCUT2D eigenvalue weighted by molar-refractivity contribution is 0.250. The van der Waals surface area contributed by atoms with Gasteiger partial charge in [0.1, 0.15) is 11.9 Å². The second-order valence-electron chi connectivity index (χ2n) is 3.15. The van der Waals surface area contributed by atoms with E-state index in [9.17, 15) is 4.79 Å². The number of hydrogen-bond acceptors (Lipinski definition) is 3. The van der Waals surface area contributed by atoms with E-state index < -0.39 is 6.03 Å². The van der Waals surface area contributed by atoms with Crippen molar-refractivity contribution in [2.24, 2.45) is 10.7 Å². The summed E-state index contributed by atoms with van der Waals surface area (Å²) in [7, 11) is 0. The predicted octanol–water partition coefficient (Wildman–Crippen LogP) is 0.680. The molecule has 0 fully saturated rings. The quantitative estimate of drug-likeness (QED) is 0.698. The summed E-state index contributed by atoms with van der Waals surface area (Å²) in [4.78, 5) is 14.5. The average molecular weight is 200 g/mol. The van der Waals surface area contributed by atoms with E-state index in [2.05, 4.69) is 10.3 Å². The smallest absolute Gasteiger partial charge is 0.343 e. The highest BCUT2D eigenvalue weighted by atomic mass is 16.2. The van der Waals surface area contributed by atoms with Crippen molar-refractivity contribution in [2.75, 3.05) is 0 Å². The van der Waals surface area contributed by atoms with Crippen LogP contribution in [-0.2, 0) is 0 Å². The molecular formula is C10H8N4O. The van der Waals surface area contributed by atoms with Crippen LogP contribution >= 0.6 is 0 Å². The van der Waals surface area contributed by atoms with Crippen molar-refractivity contribution in [1.29, 1.82) is 5.26 Å². The van der Waals surface area contributed by atoms with Crippen LogP contribution in [-0.4, -0.2) is 11.9 Å². The molecule has 74 valence electrons.